The fourth-order valence-electron chi connectivity index (χ4n) is 6.56. The zero-order chi connectivity index (χ0) is 24.8. The predicted octanol–water partition coefficient (Wildman–Crippen LogP) is 3.57. The lowest BCUT2D eigenvalue weighted by atomic mass is 9.78. The Morgan fingerprint density at radius 3 is 2.44 bits per heavy atom. The molecule has 2 amide bonds. The van der Waals surface area contributed by atoms with Crippen LogP contribution in [0.3, 0.4) is 0 Å². The van der Waals surface area contributed by atoms with E-state index in [4.69, 9.17) is 0 Å². The average molecular weight is 485 g/mol. The van der Waals surface area contributed by atoms with Gasteiger partial charge < -0.3 is 10.2 Å². The molecular weight excluding hydrogens is 452 g/mol. The van der Waals surface area contributed by atoms with Crippen molar-refractivity contribution >= 4 is 17.5 Å². The fraction of sp³-hybridized carbons (Fsp3) is 0.448. The standard InChI is InChI=1S/C29H32N4O3/c34-25(31-20-29(11-5-6-12-29)21-8-2-1-3-9-21)23-18-28(23)13-16-32(17-14-28)26(35)22-19-30-24-10-4-7-15-33(24)27(22)36/h1-4,7-10,15,19,23H,5-6,11-14,16-18,20H2,(H,31,34)/t23-/m0/s1. The third-order valence-electron chi connectivity index (χ3n) is 8.94. The minimum atomic E-state index is -0.339. The zero-order valence-corrected chi connectivity index (χ0v) is 20.5. The monoisotopic (exact) mass is 484 g/mol. The number of piperidine rings is 1. The molecule has 0 bridgehead atoms. The maximum Gasteiger partial charge on any atom is 0.270 e. The molecule has 186 valence electrons. The van der Waals surface area contributed by atoms with Gasteiger partial charge in [-0.15, -0.1) is 0 Å². The summed E-state index contributed by atoms with van der Waals surface area (Å²) >= 11 is 0. The predicted molar refractivity (Wildman–Crippen MR) is 137 cm³/mol. The number of pyridine rings is 1. The van der Waals surface area contributed by atoms with E-state index in [0.717, 1.165) is 32.1 Å². The van der Waals surface area contributed by atoms with E-state index in [2.05, 4.69) is 34.6 Å². The van der Waals surface area contributed by atoms with Crippen LogP contribution < -0.4 is 10.9 Å². The molecule has 1 aliphatic heterocycles. The quantitative estimate of drug-likeness (QED) is 0.600. The van der Waals surface area contributed by atoms with Crippen LogP contribution in [-0.4, -0.2) is 45.7 Å². The molecule has 0 unspecified atom stereocenters. The lowest BCUT2D eigenvalue weighted by Gasteiger charge is -2.33. The second-order valence-corrected chi connectivity index (χ2v) is 10.9. The van der Waals surface area contributed by atoms with Gasteiger partial charge in [0.25, 0.3) is 11.5 Å². The second-order valence-electron chi connectivity index (χ2n) is 10.9. The summed E-state index contributed by atoms with van der Waals surface area (Å²) in [5, 5.41) is 3.31. The summed E-state index contributed by atoms with van der Waals surface area (Å²) in [6, 6.07) is 15.9. The molecule has 3 fully saturated rings. The van der Waals surface area contributed by atoms with Crippen molar-refractivity contribution in [3.05, 3.63) is 82.4 Å². The fourth-order valence-corrected chi connectivity index (χ4v) is 6.56. The van der Waals surface area contributed by atoms with Crippen LogP contribution in [-0.2, 0) is 10.2 Å². The van der Waals surface area contributed by atoms with Gasteiger partial charge in [0.15, 0.2) is 0 Å². The van der Waals surface area contributed by atoms with Crippen LogP contribution in [0.1, 0.15) is 60.9 Å². The average Bonchev–Trinajstić information content (AvgIpc) is 3.39. The SMILES string of the molecule is O=C(NCC1(c2ccccc2)CCCC1)[C@@H]1CC12CCN(C(=O)c1cnc3ccccn3c1=O)CC2. The number of benzene rings is 1. The molecule has 3 aliphatic rings. The van der Waals surface area contributed by atoms with Crippen LogP contribution in [0.15, 0.2) is 65.7 Å². The number of likely N-dealkylation sites (tertiary alicyclic amines) is 1. The van der Waals surface area contributed by atoms with Crippen molar-refractivity contribution in [3.8, 4) is 0 Å². The molecule has 0 radical (unpaired) electrons. The van der Waals surface area contributed by atoms with Crippen LogP contribution in [0.5, 0.6) is 0 Å². The number of carbonyl (C=O) groups excluding carboxylic acids is 2. The highest BCUT2D eigenvalue weighted by Crippen LogP contribution is 2.59. The van der Waals surface area contributed by atoms with Crippen molar-refractivity contribution < 1.29 is 9.59 Å². The normalized spacial score (nSPS) is 22.0. The van der Waals surface area contributed by atoms with E-state index in [-0.39, 0.29) is 39.7 Å². The molecule has 2 saturated carbocycles. The molecule has 2 aromatic heterocycles. The van der Waals surface area contributed by atoms with E-state index in [1.54, 1.807) is 23.2 Å². The molecule has 2 aliphatic carbocycles. The number of nitrogens with one attached hydrogen (secondary N) is 1. The third kappa shape index (κ3) is 3.91. The van der Waals surface area contributed by atoms with E-state index < -0.39 is 0 Å². The Bertz CT molecular complexity index is 1350. The van der Waals surface area contributed by atoms with E-state index >= 15 is 0 Å². The number of amides is 2. The van der Waals surface area contributed by atoms with Gasteiger partial charge in [-0.2, -0.15) is 0 Å². The lowest BCUT2D eigenvalue weighted by Crippen LogP contribution is -2.43. The molecule has 36 heavy (non-hydrogen) atoms. The first-order chi connectivity index (χ1) is 17.5. The minimum Gasteiger partial charge on any atom is -0.355 e. The summed E-state index contributed by atoms with van der Waals surface area (Å²) in [6.07, 6.45) is 10.2. The molecule has 1 spiro atoms. The Balaban J connectivity index is 1.07. The molecule has 7 heteroatoms. The number of nitrogens with zero attached hydrogens (tertiary/aromatic N) is 3. The molecular formula is C29H32N4O3. The zero-order valence-electron chi connectivity index (χ0n) is 20.5. The number of hydrogen-bond acceptors (Lipinski definition) is 4. The topological polar surface area (TPSA) is 83.8 Å². The summed E-state index contributed by atoms with van der Waals surface area (Å²) in [6.45, 7) is 1.83. The molecule has 1 aromatic carbocycles. The Morgan fingerprint density at radius 1 is 0.972 bits per heavy atom. The van der Waals surface area contributed by atoms with E-state index in [1.165, 1.54) is 29.0 Å². The van der Waals surface area contributed by atoms with Crippen LogP contribution >= 0.6 is 0 Å². The van der Waals surface area contributed by atoms with Gasteiger partial charge in [-0.25, -0.2) is 4.98 Å². The number of rotatable bonds is 5. The van der Waals surface area contributed by atoms with E-state index in [9.17, 15) is 14.4 Å². The third-order valence-corrected chi connectivity index (χ3v) is 8.94. The van der Waals surface area contributed by atoms with Crippen molar-refractivity contribution in [3.63, 3.8) is 0 Å². The Kier molecular flexibility index (Phi) is 5.66. The second kappa shape index (κ2) is 8.87. The first-order valence-electron chi connectivity index (χ1n) is 13.1. The first-order valence-corrected chi connectivity index (χ1v) is 13.1. The summed E-state index contributed by atoms with van der Waals surface area (Å²) in [5.74, 6) is -0.0841. The molecule has 1 saturated heterocycles. The van der Waals surface area contributed by atoms with Gasteiger partial charge >= 0.3 is 0 Å². The van der Waals surface area contributed by atoms with Crippen molar-refractivity contribution in [2.24, 2.45) is 11.3 Å². The summed E-state index contributed by atoms with van der Waals surface area (Å²) in [4.78, 5) is 45.1. The summed E-state index contributed by atoms with van der Waals surface area (Å²) in [7, 11) is 0. The molecule has 3 heterocycles. The van der Waals surface area contributed by atoms with Gasteiger partial charge in [0.1, 0.15) is 11.2 Å². The van der Waals surface area contributed by atoms with Gasteiger partial charge in [-0.3, -0.25) is 18.8 Å². The maximum atomic E-state index is 13.2. The molecule has 3 aromatic rings. The van der Waals surface area contributed by atoms with Crippen LogP contribution in [0.2, 0.25) is 0 Å². The van der Waals surface area contributed by atoms with Crippen LogP contribution in [0.25, 0.3) is 5.65 Å². The summed E-state index contributed by atoms with van der Waals surface area (Å²) < 4.78 is 1.41. The smallest absolute Gasteiger partial charge is 0.270 e. The Morgan fingerprint density at radius 2 is 1.69 bits per heavy atom. The lowest BCUT2D eigenvalue weighted by molar-refractivity contribution is -0.123. The van der Waals surface area contributed by atoms with Crippen LogP contribution in [0.4, 0.5) is 0 Å². The summed E-state index contributed by atoms with van der Waals surface area (Å²) in [5.41, 5.74) is 1.66. The van der Waals surface area contributed by atoms with Gasteiger partial charge in [-0.1, -0.05) is 49.2 Å². The molecule has 6 rings (SSSR count). The van der Waals surface area contributed by atoms with Crippen molar-refractivity contribution in [2.75, 3.05) is 19.6 Å². The Hall–Kier alpha value is -3.48. The van der Waals surface area contributed by atoms with Gasteiger partial charge in [0, 0.05) is 43.4 Å². The van der Waals surface area contributed by atoms with Gasteiger partial charge in [-0.05, 0) is 55.2 Å². The van der Waals surface area contributed by atoms with Gasteiger partial charge in [0.2, 0.25) is 5.91 Å². The highest BCUT2D eigenvalue weighted by molar-refractivity contribution is 5.94. The minimum absolute atomic E-state index is 0.00682. The number of carbonyl (C=O) groups is 2. The first kappa shape index (κ1) is 23.0. The van der Waals surface area contributed by atoms with Crippen LogP contribution in [0, 0.1) is 11.3 Å². The Labute approximate surface area is 210 Å². The van der Waals surface area contributed by atoms with Crippen molar-refractivity contribution in [1.82, 2.24) is 19.6 Å². The van der Waals surface area contributed by atoms with E-state index in [0.29, 0.717) is 25.3 Å². The highest BCUT2D eigenvalue weighted by atomic mass is 16.2. The van der Waals surface area contributed by atoms with E-state index in [1.807, 2.05) is 12.1 Å². The molecule has 1 atom stereocenters. The largest absolute Gasteiger partial charge is 0.355 e. The highest BCUT2D eigenvalue weighted by Gasteiger charge is 2.59. The number of fused-ring (bicyclic) bond motifs is 1. The molecule has 1 N–H and O–H groups in total. The van der Waals surface area contributed by atoms with Crippen molar-refractivity contribution in [1.29, 1.82) is 0 Å². The number of aromatic nitrogens is 2. The maximum absolute atomic E-state index is 13.2. The van der Waals surface area contributed by atoms with Crippen molar-refractivity contribution in [2.45, 2.75) is 50.4 Å². The van der Waals surface area contributed by atoms with Gasteiger partial charge in [0.05, 0.1) is 0 Å². The number of hydrogen-bond donors (Lipinski definition) is 1. The molecule has 7 nitrogen and oxygen atoms in total.